The van der Waals surface area contributed by atoms with Crippen LogP contribution in [0.4, 0.5) is 0 Å². The predicted octanol–water partition coefficient (Wildman–Crippen LogP) is 2.46. The highest BCUT2D eigenvalue weighted by molar-refractivity contribution is 14.0. The van der Waals surface area contributed by atoms with Crippen molar-refractivity contribution in [3.05, 3.63) is 35.9 Å². The van der Waals surface area contributed by atoms with E-state index in [4.69, 9.17) is 4.74 Å². The smallest absolute Gasteiger partial charge is 0.243 e. The number of likely N-dealkylation sites (tertiary alicyclic amines) is 1. The van der Waals surface area contributed by atoms with E-state index in [1.165, 1.54) is 12.0 Å². The van der Waals surface area contributed by atoms with Crippen molar-refractivity contribution in [2.45, 2.75) is 57.3 Å². The summed E-state index contributed by atoms with van der Waals surface area (Å²) in [6, 6.07) is 11.4. The molecule has 3 unspecified atom stereocenters. The lowest BCUT2D eigenvalue weighted by molar-refractivity contribution is -0.127. The second kappa shape index (κ2) is 13.2. The van der Waals surface area contributed by atoms with E-state index in [9.17, 15) is 4.79 Å². The first-order valence-corrected chi connectivity index (χ1v) is 11.2. The van der Waals surface area contributed by atoms with Gasteiger partial charge in [-0.1, -0.05) is 30.3 Å². The van der Waals surface area contributed by atoms with Crippen LogP contribution in [-0.4, -0.2) is 80.2 Å². The van der Waals surface area contributed by atoms with E-state index in [0.717, 1.165) is 45.5 Å². The maximum Gasteiger partial charge on any atom is 0.243 e. The van der Waals surface area contributed by atoms with Crippen molar-refractivity contribution in [2.75, 3.05) is 40.3 Å². The second-order valence-electron chi connectivity index (χ2n) is 8.66. The molecule has 2 heterocycles. The Morgan fingerprint density at radius 2 is 2.03 bits per heavy atom. The number of nitrogens with zero attached hydrogens (tertiary/aromatic N) is 3. The monoisotopic (exact) mass is 543 g/mol. The summed E-state index contributed by atoms with van der Waals surface area (Å²) in [4.78, 5) is 20.7. The number of benzene rings is 1. The number of ether oxygens (including phenoxy) is 1. The number of hydrogen-bond donors (Lipinski definition) is 2. The molecule has 0 bridgehead atoms. The van der Waals surface area contributed by atoms with Crippen molar-refractivity contribution in [2.24, 2.45) is 4.99 Å². The lowest BCUT2D eigenvalue weighted by Crippen LogP contribution is -2.47. The van der Waals surface area contributed by atoms with E-state index in [2.05, 4.69) is 57.8 Å². The minimum Gasteiger partial charge on any atom is -0.376 e. The molecule has 3 atom stereocenters. The van der Waals surface area contributed by atoms with Crippen LogP contribution in [0.15, 0.2) is 35.3 Å². The van der Waals surface area contributed by atoms with Crippen molar-refractivity contribution in [3.63, 3.8) is 0 Å². The molecule has 8 heteroatoms. The molecule has 2 aliphatic rings. The maximum absolute atomic E-state index is 12.0. The van der Waals surface area contributed by atoms with Gasteiger partial charge in [-0.3, -0.25) is 9.69 Å². The topological polar surface area (TPSA) is 69.2 Å². The Hall–Kier alpha value is -1.39. The Balaban J connectivity index is 0.00000341. The third-order valence-electron chi connectivity index (χ3n) is 5.92. The van der Waals surface area contributed by atoms with Crippen LogP contribution in [0.25, 0.3) is 0 Å². The lowest BCUT2D eigenvalue weighted by Gasteiger charge is -2.25. The zero-order valence-corrected chi connectivity index (χ0v) is 21.4. The highest BCUT2D eigenvalue weighted by atomic mass is 127. The summed E-state index contributed by atoms with van der Waals surface area (Å²) >= 11 is 0. The molecule has 1 aromatic carbocycles. The number of likely N-dealkylation sites (N-methyl/N-ethyl adjacent to an activating group) is 1. The Bertz CT molecular complexity index is 694. The quantitative estimate of drug-likeness (QED) is 0.314. The summed E-state index contributed by atoms with van der Waals surface area (Å²) in [5.41, 5.74) is 1.34. The molecule has 174 valence electrons. The first-order valence-electron chi connectivity index (χ1n) is 11.2. The van der Waals surface area contributed by atoms with Crippen molar-refractivity contribution in [1.29, 1.82) is 0 Å². The summed E-state index contributed by atoms with van der Waals surface area (Å²) in [6.45, 7) is 5.88. The highest BCUT2D eigenvalue weighted by Crippen LogP contribution is 2.20. The van der Waals surface area contributed by atoms with Gasteiger partial charge in [0, 0.05) is 52.4 Å². The van der Waals surface area contributed by atoms with Crippen molar-refractivity contribution in [1.82, 2.24) is 20.4 Å². The molecule has 1 aromatic rings. The fraction of sp³-hybridized carbons (Fsp3) is 0.652. The average Bonchev–Trinajstić information content (AvgIpc) is 3.09. The average molecular weight is 543 g/mol. The van der Waals surface area contributed by atoms with Crippen LogP contribution in [0.2, 0.25) is 0 Å². The summed E-state index contributed by atoms with van der Waals surface area (Å²) < 4.78 is 5.83. The van der Waals surface area contributed by atoms with E-state index in [0.29, 0.717) is 18.0 Å². The number of rotatable bonds is 7. The molecular formula is C23H38IN5O2. The lowest BCUT2D eigenvalue weighted by atomic mass is 10.1. The normalized spacial score (nSPS) is 24.4. The number of carbonyl (C=O) groups excluding carboxylic acids is 1. The Morgan fingerprint density at radius 3 is 2.71 bits per heavy atom. The van der Waals surface area contributed by atoms with Crippen LogP contribution < -0.4 is 10.6 Å². The molecule has 0 saturated carbocycles. The van der Waals surface area contributed by atoms with Gasteiger partial charge in [0.2, 0.25) is 5.91 Å². The number of halogens is 1. The largest absolute Gasteiger partial charge is 0.376 e. The Labute approximate surface area is 204 Å². The van der Waals surface area contributed by atoms with Gasteiger partial charge in [-0.2, -0.15) is 0 Å². The van der Waals surface area contributed by atoms with Crippen LogP contribution in [-0.2, 0) is 16.1 Å². The number of hydrogen-bond acceptors (Lipinski definition) is 4. The molecule has 7 nitrogen and oxygen atoms in total. The number of carbonyl (C=O) groups is 1. The van der Waals surface area contributed by atoms with E-state index >= 15 is 0 Å². The molecule has 0 radical (unpaired) electrons. The van der Waals surface area contributed by atoms with E-state index in [1.807, 2.05) is 0 Å². The van der Waals surface area contributed by atoms with Gasteiger partial charge in [0.15, 0.2) is 5.96 Å². The third-order valence-corrected chi connectivity index (χ3v) is 5.92. The number of nitrogens with one attached hydrogen (secondary N) is 2. The number of aliphatic imine (C=N–C) groups is 1. The molecule has 1 amide bonds. The van der Waals surface area contributed by atoms with Gasteiger partial charge in [0.05, 0.1) is 6.10 Å². The first kappa shape index (κ1) is 25.9. The minimum atomic E-state index is -0.00416. The van der Waals surface area contributed by atoms with Gasteiger partial charge < -0.3 is 20.3 Å². The third kappa shape index (κ3) is 8.57. The molecule has 0 aliphatic carbocycles. The Morgan fingerprint density at radius 1 is 1.26 bits per heavy atom. The predicted molar refractivity (Wildman–Crippen MR) is 136 cm³/mol. The van der Waals surface area contributed by atoms with Crippen molar-refractivity contribution < 1.29 is 9.53 Å². The van der Waals surface area contributed by atoms with Crippen LogP contribution in [0.3, 0.4) is 0 Å². The number of amides is 1. The van der Waals surface area contributed by atoms with Crippen molar-refractivity contribution >= 4 is 35.8 Å². The standard InChI is InChI=1S/C23H37N5O2.HI/c1-18-13-20(17-28(18)16-19-9-5-4-6-10-19)26-23(25-15-22(29)27(2)3)24-14-21-11-7-8-12-30-21;/h4-6,9-10,18,20-21H,7-8,11-17H2,1-3H3,(H2,24,25,26);1H. The van der Waals surface area contributed by atoms with E-state index in [1.54, 1.807) is 19.0 Å². The van der Waals surface area contributed by atoms with Crippen molar-refractivity contribution in [3.8, 4) is 0 Å². The zero-order chi connectivity index (χ0) is 21.3. The van der Waals surface area contributed by atoms with Crippen LogP contribution >= 0.6 is 24.0 Å². The van der Waals surface area contributed by atoms with Gasteiger partial charge >= 0.3 is 0 Å². The molecule has 0 spiro atoms. The van der Waals surface area contributed by atoms with Gasteiger partial charge in [-0.05, 0) is 38.2 Å². The summed E-state index contributed by atoms with van der Waals surface area (Å²) in [5, 5.41) is 6.98. The summed E-state index contributed by atoms with van der Waals surface area (Å²) in [7, 11) is 3.52. The van der Waals surface area contributed by atoms with Gasteiger partial charge in [0.1, 0.15) is 6.54 Å². The summed E-state index contributed by atoms with van der Waals surface area (Å²) in [6.07, 6.45) is 4.69. The molecular weight excluding hydrogens is 505 g/mol. The molecule has 3 rings (SSSR count). The van der Waals surface area contributed by atoms with E-state index < -0.39 is 0 Å². The van der Waals surface area contributed by atoms with Gasteiger partial charge in [-0.25, -0.2) is 4.99 Å². The maximum atomic E-state index is 12.0. The van der Waals surface area contributed by atoms with Crippen LogP contribution in [0, 0.1) is 0 Å². The van der Waals surface area contributed by atoms with Crippen LogP contribution in [0.5, 0.6) is 0 Å². The zero-order valence-electron chi connectivity index (χ0n) is 19.0. The first-order chi connectivity index (χ1) is 14.5. The molecule has 2 fully saturated rings. The van der Waals surface area contributed by atoms with Gasteiger partial charge in [0.25, 0.3) is 0 Å². The summed E-state index contributed by atoms with van der Waals surface area (Å²) in [5.74, 6) is 0.702. The fourth-order valence-corrected chi connectivity index (χ4v) is 4.05. The minimum absolute atomic E-state index is 0. The highest BCUT2D eigenvalue weighted by Gasteiger charge is 2.29. The fourth-order valence-electron chi connectivity index (χ4n) is 4.05. The Kier molecular flexibility index (Phi) is 11.0. The SMILES string of the molecule is CC1CC(NC(=NCC(=O)N(C)C)NCC2CCCCO2)CN1Cc1ccccc1.I. The van der Waals surface area contributed by atoms with Gasteiger partial charge in [-0.15, -0.1) is 24.0 Å². The molecule has 2 N–H and O–H groups in total. The molecule has 2 aliphatic heterocycles. The second-order valence-corrected chi connectivity index (χ2v) is 8.66. The number of guanidine groups is 1. The van der Waals surface area contributed by atoms with E-state index in [-0.39, 0.29) is 42.5 Å². The molecule has 31 heavy (non-hydrogen) atoms. The molecule has 2 saturated heterocycles. The molecule has 0 aromatic heterocycles. The van der Waals surface area contributed by atoms with Crippen LogP contribution in [0.1, 0.15) is 38.2 Å².